The highest BCUT2D eigenvalue weighted by Crippen LogP contribution is 2.33. The lowest BCUT2D eigenvalue weighted by Gasteiger charge is -2.32. The van der Waals surface area contributed by atoms with Crippen LogP contribution in [0.2, 0.25) is 0 Å². The van der Waals surface area contributed by atoms with Crippen molar-refractivity contribution < 1.29 is 19.1 Å². The van der Waals surface area contributed by atoms with Crippen LogP contribution in [0, 0.1) is 18.8 Å². The van der Waals surface area contributed by atoms with Crippen LogP contribution in [-0.4, -0.2) is 66.7 Å². The van der Waals surface area contributed by atoms with E-state index in [2.05, 4.69) is 55.0 Å². The predicted molar refractivity (Wildman–Crippen MR) is 190 cm³/mol. The summed E-state index contributed by atoms with van der Waals surface area (Å²) in [4.78, 5) is 49.2. The van der Waals surface area contributed by atoms with Gasteiger partial charge in [-0.05, 0) is 130 Å². The lowest BCUT2D eigenvalue weighted by molar-refractivity contribution is -0.130. The second-order valence-corrected chi connectivity index (χ2v) is 14.0. The van der Waals surface area contributed by atoms with Crippen LogP contribution in [-0.2, 0) is 20.7 Å². The van der Waals surface area contributed by atoms with Crippen LogP contribution >= 0.6 is 0 Å². The number of hydrogen-bond donors (Lipinski definition) is 4. The van der Waals surface area contributed by atoms with Crippen molar-refractivity contribution in [1.82, 2.24) is 35.9 Å². The zero-order valence-corrected chi connectivity index (χ0v) is 28.8. The summed E-state index contributed by atoms with van der Waals surface area (Å²) in [6.07, 6.45) is 4.12. The number of amides is 3. The van der Waals surface area contributed by atoms with Crippen molar-refractivity contribution in [2.24, 2.45) is 17.6 Å². The Bertz CT molecular complexity index is 1940. The van der Waals surface area contributed by atoms with Crippen molar-refractivity contribution in [3.8, 4) is 22.5 Å². The number of H-pyrrole nitrogens is 2. The smallest absolute Gasteiger partial charge is 0.407 e. The van der Waals surface area contributed by atoms with Crippen LogP contribution in [0.4, 0.5) is 10.5 Å². The van der Waals surface area contributed by atoms with Gasteiger partial charge < -0.3 is 20.8 Å². The number of alkyl carbamates (subject to hydrolysis) is 1. The quantitative estimate of drug-likeness (QED) is 0.157. The summed E-state index contributed by atoms with van der Waals surface area (Å²) in [6, 6.07) is 18.1. The van der Waals surface area contributed by atoms with E-state index in [4.69, 9.17) is 10.5 Å². The number of hydrogen-bond acceptors (Lipinski definition) is 9. The molecule has 260 valence electrons. The van der Waals surface area contributed by atoms with Crippen molar-refractivity contribution >= 4 is 34.6 Å². The second kappa shape index (κ2) is 14.6. The van der Waals surface area contributed by atoms with Gasteiger partial charge in [0, 0.05) is 18.0 Å². The Balaban J connectivity index is 1.15. The van der Waals surface area contributed by atoms with Crippen LogP contribution in [0.3, 0.4) is 0 Å². The number of aryl methyl sites for hydroxylation is 1. The highest BCUT2D eigenvalue weighted by Gasteiger charge is 2.35. The van der Waals surface area contributed by atoms with Crippen LogP contribution in [0.5, 0.6) is 0 Å². The largest absolute Gasteiger partial charge is 0.444 e. The van der Waals surface area contributed by atoms with Crippen molar-refractivity contribution in [2.45, 2.75) is 71.4 Å². The van der Waals surface area contributed by atoms with E-state index in [0.717, 1.165) is 46.1 Å². The minimum atomic E-state index is -0.960. The van der Waals surface area contributed by atoms with E-state index in [-0.39, 0.29) is 24.2 Å². The molecule has 5 N–H and O–H groups in total. The van der Waals surface area contributed by atoms with Gasteiger partial charge in [-0.2, -0.15) is 5.21 Å². The molecule has 0 spiro atoms. The van der Waals surface area contributed by atoms with Crippen LogP contribution < -0.4 is 16.0 Å². The molecular formula is C37H43N9O4. The Hall–Kier alpha value is -5.43. The third kappa shape index (κ3) is 8.05. The van der Waals surface area contributed by atoms with Gasteiger partial charge in [0.1, 0.15) is 5.60 Å². The molecule has 3 amide bonds. The molecule has 50 heavy (non-hydrogen) atoms. The zero-order valence-electron chi connectivity index (χ0n) is 28.8. The van der Waals surface area contributed by atoms with Gasteiger partial charge in [-0.15, -0.1) is 10.2 Å². The van der Waals surface area contributed by atoms with Gasteiger partial charge in [-0.25, -0.2) is 14.7 Å². The van der Waals surface area contributed by atoms with Crippen LogP contribution in [0.15, 0.2) is 67.0 Å². The van der Waals surface area contributed by atoms with Crippen LogP contribution in [0.25, 0.3) is 33.5 Å². The number of imidazole rings is 1. The molecule has 0 saturated heterocycles. The lowest BCUT2D eigenvalue weighted by Crippen LogP contribution is -2.50. The van der Waals surface area contributed by atoms with Gasteiger partial charge in [0.15, 0.2) is 0 Å². The van der Waals surface area contributed by atoms with Gasteiger partial charge in [0.2, 0.25) is 11.7 Å². The number of aromatic amines is 2. The average molecular weight is 678 g/mol. The van der Waals surface area contributed by atoms with Gasteiger partial charge in [-0.3, -0.25) is 9.59 Å². The number of carbonyl (C=O) groups excluding carboxylic acids is 3. The number of carbonyl (C=O) groups is 3. The molecule has 0 bridgehead atoms. The predicted octanol–water partition coefficient (Wildman–Crippen LogP) is 5.48. The summed E-state index contributed by atoms with van der Waals surface area (Å²) in [5, 5.41) is 16.9. The molecule has 1 aliphatic rings. The fraction of sp³-hybridized carbons (Fsp3) is 0.378. The SMILES string of the molecule is Cc1cc2[nH]cnc2cc1-c1ccc(C[C@H](N)C(=O)N(C(=O)C2CCC(CNC(=O)OC(C)(C)C)CC2)c2ccc(-c3nn[nH]n3)cc2)cc1. The Labute approximate surface area is 290 Å². The molecule has 1 fully saturated rings. The molecule has 6 rings (SSSR count). The number of nitrogens with two attached hydrogens (primary N) is 1. The summed E-state index contributed by atoms with van der Waals surface area (Å²) < 4.78 is 5.36. The Kier molecular flexibility index (Phi) is 10.0. The number of benzene rings is 3. The first-order valence-electron chi connectivity index (χ1n) is 16.9. The third-order valence-electron chi connectivity index (χ3n) is 9.10. The van der Waals surface area contributed by atoms with Crippen molar-refractivity contribution in [1.29, 1.82) is 0 Å². The normalized spacial score (nSPS) is 16.9. The fourth-order valence-corrected chi connectivity index (χ4v) is 6.47. The molecule has 3 aromatic carbocycles. The number of anilines is 1. The highest BCUT2D eigenvalue weighted by atomic mass is 16.6. The van der Waals surface area contributed by atoms with Crippen molar-refractivity contribution in [3.05, 3.63) is 78.1 Å². The first kappa shape index (κ1) is 34.4. The van der Waals surface area contributed by atoms with Crippen LogP contribution in [0.1, 0.15) is 57.6 Å². The van der Waals surface area contributed by atoms with E-state index in [9.17, 15) is 14.4 Å². The Morgan fingerprint density at radius 2 is 1.70 bits per heavy atom. The molecule has 0 radical (unpaired) electrons. The number of nitrogens with zero attached hydrogens (tertiary/aromatic N) is 5. The third-order valence-corrected chi connectivity index (χ3v) is 9.10. The monoisotopic (exact) mass is 677 g/mol. The topological polar surface area (TPSA) is 185 Å². The summed E-state index contributed by atoms with van der Waals surface area (Å²) >= 11 is 0. The standard InChI is InChI=1S/C37H43N9O4/c1-22-17-31-32(41-21-40-31)19-29(22)25-9-5-23(6-10-25)18-30(38)35(48)46(28-15-13-26(14-16-28)33-42-44-45-43-33)34(47)27-11-7-24(8-12-27)20-39-36(49)50-37(2,3)4/h5-6,9-10,13-17,19,21,24,27,30H,7-8,11-12,18,20,38H2,1-4H3,(H,39,49)(H,40,41)(H,42,43,44,45)/t24?,27?,30-/m0/s1. The molecule has 2 aromatic heterocycles. The summed E-state index contributed by atoms with van der Waals surface area (Å²) in [5.74, 6) is -0.509. The summed E-state index contributed by atoms with van der Waals surface area (Å²) in [6.45, 7) is 8.00. The molecule has 13 heteroatoms. The van der Waals surface area contributed by atoms with E-state index in [1.807, 2.05) is 45.0 Å². The average Bonchev–Trinajstić information content (AvgIpc) is 3.80. The molecule has 13 nitrogen and oxygen atoms in total. The first-order chi connectivity index (χ1) is 23.9. The maximum Gasteiger partial charge on any atom is 0.407 e. The number of nitrogens with one attached hydrogen (secondary N) is 3. The molecule has 2 heterocycles. The van der Waals surface area contributed by atoms with Crippen molar-refractivity contribution in [2.75, 3.05) is 11.4 Å². The van der Waals surface area contributed by atoms with E-state index < -0.39 is 23.6 Å². The number of ether oxygens (including phenoxy) is 1. The second-order valence-electron chi connectivity index (χ2n) is 14.0. The van der Waals surface area contributed by atoms with Gasteiger partial charge in [0.05, 0.1) is 29.1 Å². The van der Waals surface area contributed by atoms with Crippen molar-refractivity contribution in [3.63, 3.8) is 0 Å². The lowest BCUT2D eigenvalue weighted by atomic mass is 9.81. The van der Waals surface area contributed by atoms with E-state index in [1.165, 1.54) is 4.90 Å². The van der Waals surface area contributed by atoms with E-state index in [0.29, 0.717) is 36.5 Å². The molecule has 0 unspecified atom stereocenters. The van der Waals surface area contributed by atoms with E-state index in [1.54, 1.807) is 30.6 Å². The fourth-order valence-electron chi connectivity index (χ4n) is 6.47. The maximum absolute atomic E-state index is 14.2. The molecular weight excluding hydrogens is 634 g/mol. The first-order valence-corrected chi connectivity index (χ1v) is 16.9. The van der Waals surface area contributed by atoms with Gasteiger partial charge in [0.25, 0.3) is 5.91 Å². The molecule has 0 aliphatic heterocycles. The Morgan fingerprint density at radius 3 is 2.36 bits per heavy atom. The molecule has 1 saturated carbocycles. The molecule has 1 atom stereocenters. The number of aromatic nitrogens is 6. The molecule has 5 aromatic rings. The summed E-state index contributed by atoms with van der Waals surface area (Å²) in [5.41, 5.74) is 13.1. The number of rotatable bonds is 9. The summed E-state index contributed by atoms with van der Waals surface area (Å²) in [7, 11) is 0. The minimum Gasteiger partial charge on any atom is -0.444 e. The Morgan fingerprint density at radius 1 is 1.00 bits per heavy atom. The highest BCUT2D eigenvalue weighted by molar-refractivity contribution is 6.17. The minimum absolute atomic E-state index is 0.208. The number of imide groups is 1. The maximum atomic E-state index is 14.2. The number of fused-ring (bicyclic) bond motifs is 1. The zero-order chi connectivity index (χ0) is 35.4. The van der Waals surface area contributed by atoms with Gasteiger partial charge >= 0.3 is 6.09 Å². The molecule has 1 aliphatic carbocycles. The van der Waals surface area contributed by atoms with Gasteiger partial charge in [-0.1, -0.05) is 24.3 Å². The number of tetrazole rings is 1. The van der Waals surface area contributed by atoms with E-state index >= 15 is 0 Å².